The standard InChI is InChI=1S/C15H21N5/c16-1-2-20-15(13(8-17)18-19-20)14-11-4-9-3-10(6-11)7-12(14)5-9/h9-12,14H,2-8,17H2. The Morgan fingerprint density at radius 3 is 2.35 bits per heavy atom. The lowest BCUT2D eigenvalue weighted by atomic mass is 9.51. The molecule has 0 atom stereocenters. The third-order valence-electron chi connectivity index (χ3n) is 5.80. The fourth-order valence-corrected chi connectivity index (χ4v) is 5.42. The van der Waals surface area contributed by atoms with Gasteiger partial charge in [0, 0.05) is 12.5 Å². The number of nitriles is 1. The molecule has 106 valence electrons. The molecule has 0 spiro atoms. The second kappa shape index (κ2) is 4.56. The summed E-state index contributed by atoms with van der Waals surface area (Å²) in [6.07, 6.45) is 6.90. The van der Waals surface area contributed by atoms with Gasteiger partial charge in [0.1, 0.15) is 6.54 Å². The second-order valence-corrected chi connectivity index (χ2v) is 6.90. The summed E-state index contributed by atoms with van der Waals surface area (Å²) in [5.74, 6) is 4.00. The maximum absolute atomic E-state index is 9.01. The highest BCUT2D eigenvalue weighted by Crippen LogP contribution is 2.59. The molecule has 4 aliphatic carbocycles. The minimum atomic E-state index is 0.297. The van der Waals surface area contributed by atoms with Crippen molar-refractivity contribution in [3.05, 3.63) is 11.4 Å². The minimum absolute atomic E-state index is 0.297. The Morgan fingerprint density at radius 1 is 1.15 bits per heavy atom. The number of nitrogens with zero attached hydrogens (tertiary/aromatic N) is 4. The fraction of sp³-hybridized carbons (Fsp3) is 0.800. The molecule has 4 fully saturated rings. The highest BCUT2D eigenvalue weighted by atomic mass is 15.4. The largest absolute Gasteiger partial charge is 0.325 e. The zero-order valence-corrected chi connectivity index (χ0v) is 11.7. The predicted molar refractivity (Wildman–Crippen MR) is 73.3 cm³/mol. The number of nitrogens with two attached hydrogens (primary N) is 1. The van der Waals surface area contributed by atoms with Crippen LogP contribution in [0.1, 0.15) is 49.4 Å². The lowest BCUT2D eigenvalue weighted by Gasteiger charge is -2.54. The molecule has 1 heterocycles. The number of hydrogen-bond donors (Lipinski definition) is 1. The van der Waals surface area contributed by atoms with Crippen molar-refractivity contribution in [2.75, 3.05) is 0 Å². The second-order valence-electron chi connectivity index (χ2n) is 6.90. The average molecular weight is 271 g/mol. The molecule has 0 saturated heterocycles. The molecule has 0 unspecified atom stereocenters. The van der Waals surface area contributed by atoms with E-state index in [1.807, 2.05) is 4.68 Å². The monoisotopic (exact) mass is 271 g/mol. The molecule has 5 nitrogen and oxygen atoms in total. The summed E-state index contributed by atoms with van der Waals surface area (Å²) in [5, 5.41) is 17.4. The van der Waals surface area contributed by atoms with E-state index in [1.54, 1.807) is 0 Å². The molecule has 5 rings (SSSR count). The van der Waals surface area contributed by atoms with Crippen LogP contribution in [0, 0.1) is 35.0 Å². The molecule has 1 aromatic rings. The zero-order valence-electron chi connectivity index (χ0n) is 11.7. The van der Waals surface area contributed by atoms with E-state index in [0.717, 1.165) is 29.4 Å². The normalized spacial score (nSPS) is 38.1. The van der Waals surface area contributed by atoms with Crippen LogP contribution in [-0.2, 0) is 13.1 Å². The van der Waals surface area contributed by atoms with Gasteiger partial charge in [0.05, 0.1) is 17.5 Å². The molecular formula is C15H21N5. The van der Waals surface area contributed by atoms with Gasteiger partial charge in [-0.15, -0.1) is 5.10 Å². The van der Waals surface area contributed by atoms with Crippen molar-refractivity contribution in [1.29, 1.82) is 5.26 Å². The first-order valence-electron chi connectivity index (χ1n) is 7.79. The van der Waals surface area contributed by atoms with Crippen molar-refractivity contribution in [2.24, 2.45) is 29.4 Å². The van der Waals surface area contributed by atoms with E-state index < -0.39 is 0 Å². The van der Waals surface area contributed by atoms with E-state index in [4.69, 9.17) is 11.0 Å². The van der Waals surface area contributed by atoms with Crippen LogP contribution in [0.5, 0.6) is 0 Å². The van der Waals surface area contributed by atoms with Crippen LogP contribution in [0.25, 0.3) is 0 Å². The van der Waals surface area contributed by atoms with Gasteiger partial charge < -0.3 is 5.73 Å². The van der Waals surface area contributed by atoms with Gasteiger partial charge in [-0.25, -0.2) is 4.68 Å². The third kappa shape index (κ3) is 1.71. The molecule has 5 heteroatoms. The van der Waals surface area contributed by atoms with E-state index in [1.165, 1.54) is 37.8 Å². The number of aromatic nitrogens is 3. The summed E-state index contributed by atoms with van der Waals surface area (Å²) in [6.45, 7) is 0.731. The van der Waals surface area contributed by atoms with Gasteiger partial charge in [-0.05, 0) is 55.8 Å². The molecule has 20 heavy (non-hydrogen) atoms. The van der Waals surface area contributed by atoms with Crippen LogP contribution >= 0.6 is 0 Å². The van der Waals surface area contributed by atoms with Crippen molar-refractivity contribution in [3.63, 3.8) is 0 Å². The number of rotatable bonds is 3. The smallest absolute Gasteiger partial charge is 0.130 e. The first kappa shape index (κ1) is 12.3. The maximum Gasteiger partial charge on any atom is 0.130 e. The van der Waals surface area contributed by atoms with Crippen molar-refractivity contribution in [1.82, 2.24) is 15.0 Å². The Bertz CT molecular complexity index is 527. The summed E-state index contributed by atoms with van der Waals surface area (Å²) in [4.78, 5) is 0. The van der Waals surface area contributed by atoms with Gasteiger partial charge in [-0.2, -0.15) is 5.26 Å². The summed E-state index contributed by atoms with van der Waals surface area (Å²) < 4.78 is 1.81. The molecular weight excluding hydrogens is 250 g/mol. The maximum atomic E-state index is 9.01. The van der Waals surface area contributed by atoms with Crippen LogP contribution in [-0.4, -0.2) is 15.0 Å². The van der Waals surface area contributed by atoms with Crippen LogP contribution < -0.4 is 5.73 Å². The highest BCUT2D eigenvalue weighted by Gasteiger charge is 2.50. The SMILES string of the molecule is N#CCn1nnc(CN)c1C1C2CC3CC(C2)CC1C3. The van der Waals surface area contributed by atoms with E-state index in [2.05, 4.69) is 16.4 Å². The summed E-state index contributed by atoms with van der Waals surface area (Å²) in [6, 6.07) is 2.20. The van der Waals surface area contributed by atoms with Gasteiger partial charge >= 0.3 is 0 Å². The molecule has 4 saturated carbocycles. The molecule has 0 aliphatic heterocycles. The molecule has 0 amide bonds. The fourth-order valence-electron chi connectivity index (χ4n) is 5.42. The van der Waals surface area contributed by atoms with E-state index in [9.17, 15) is 0 Å². The Balaban J connectivity index is 1.74. The Hall–Kier alpha value is -1.41. The van der Waals surface area contributed by atoms with Gasteiger partial charge in [0.25, 0.3) is 0 Å². The summed E-state index contributed by atoms with van der Waals surface area (Å²) in [5.41, 5.74) is 7.95. The first-order valence-corrected chi connectivity index (χ1v) is 7.79. The Morgan fingerprint density at radius 2 is 1.80 bits per heavy atom. The Labute approximate surface area is 119 Å². The van der Waals surface area contributed by atoms with Crippen molar-refractivity contribution in [3.8, 4) is 6.07 Å². The average Bonchev–Trinajstić information content (AvgIpc) is 2.81. The zero-order chi connectivity index (χ0) is 13.7. The van der Waals surface area contributed by atoms with Gasteiger partial charge in [-0.1, -0.05) is 5.21 Å². The van der Waals surface area contributed by atoms with Crippen molar-refractivity contribution in [2.45, 2.75) is 51.1 Å². The van der Waals surface area contributed by atoms with Crippen LogP contribution in [0.3, 0.4) is 0 Å². The predicted octanol–water partition coefficient (Wildman–Crippen LogP) is 1.80. The van der Waals surface area contributed by atoms with Crippen LogP contribution in [0.4, 0.5) is 0 Å². The van der Waals surface area contributed by atoms with Gasteiger partial charge in [0.2, 0.25) is 0 Å². The summed E-state index contributed by atoms with van der Waals surface area (Å²) >= 11 is 0. The first-order chi connectivity index (χ1) is 9.80. The van der Waals surface area contributed by atoms with E-state index in [-0.39, 0.29) is 0 Å². The molecule has 4 bridgehead atoms. The van der Waals surface area contributed by atoms with Crippen molar-refractivity contribution < 1.29 is 0 Å². The summed E-state index contributed by atoms with van der Waals surface area (Å²) in [7, 11) is 0. The molecule has 0 radical (unpaired) electrons. The minimum Gasteiger partial charge on any atom is -0.325 e. The highest BCUT2D eigenvalue weighted by molar-refractivity contribution is 5.22. The molecule has 4 aliphatic rings. The number of hydrogen-bond acceptors (Lipinski definition) is 4. The van der Waals surface area contributed by atoms with E-state index >= 15 is 0 Å². The molecule has 1 aromatic heterocycles. The van der Waals surface area contributed by atoms with Crippen LogP contribution in [0.15, 0.2) is 0 Å². The lowest BCUT2D eigenvalue weighted by Crippen LogP contribution is -2.44. The quantitative estimate of drug-likeness (QED) is 0.909. The van der Waals surface area contributed by atoms with E-state index in [0.29, 0.717) is 19.0 Å². The topological polar surface area (TPSA) is 80.5 Å². The molecule has 2 N–H and O–H groups in total. The van der Waals surface area contributed by atoms with Gasteiger partial charge in [-0.3, -0.25) is 0 Å². The van der Waals surface area contributed by atoms with Gasteiger partial charge in [0.15, 0.2) is 0 Å². The molecule has 0 aromatic carbocycles. The Kier molecular flexibility index (Phi) is 2.81. The van der Waals surface area contributed by atoms with Crippen molar-refractivity contribution >= 4 is 0 Å². The van der Waals surface area contributed by atoms with Crippen LogP contribution in [0.2, 0.25) is 0 Å². The lowest BCUT2D eigenvalue weighted by molar-refractivity contribution is -0.00576. The third-order valence-corrected chi connectivity index (χ3v) is 5.80.